The summed E-state index contributed by atoms with van der Waals surface area (Å²) in [5.41, 5.74) is 2.73. The molecule has 1 aliphatic rings. The van der Waals surface area contributed by atoms with Crippen LogP contribution in [0.15, 0.2) is 24.3 Å². The predicted octanol–water partition coefficient (Wildman–Crippen LogP) is 2.09. The number of aryl methyl sites for hydroxylation is 1. The zero-order valence-corrected chi connectivity index (χ0v) is 11.8. The summed E-state index contributed by atoms with van der Waals surface area (Å²) in [6.45, 7) is 1.94. The smallest absolute Gasteiger partial charge is 0.148 e. The van der Waals surface area contributed by atoms with Crippen molar-refractivity contribution in [3.05, 3.63) is 35.4 Å². The summed E-state index contributed by atoms with van der Waals surface area (Å²) in [6, 6.07) is 8.74. The van der Waals surface area contributed by atoms with Gasteiger partial charge < -0.3 is 5.32 Å². The van der Waals surface area contributed by atoms with Crippen LogP contribution in [-0.4, -0.2) is 26.5 Å². The van der Waals surface area contributed by atoms with Gasteiger partial charge in [-0.2, -0.15) is 0 Å². The van der Waals surface area contributed by atoms with Gasteiger partial charge in [0.15, 0.2) is 0 Å². The lowest BCUT2D eigenvalue weighted by Gasteiger charge is -2.29. The third-order valence-electron chi connectivity index (χ3n) is 3.41. The van der Waals surface area contributed by atoms with Crippen LogP contribution in [0.1, 0.15) is 36.9 Å². The van der Waals surface area contributed by atoms with Gasteiger partial charge in [0.05, 0.1) is 5.75 Å². The molecule has 0 saturated carbocycles. The number of rotatable bonds is 4. The fraction of sp³-hybridized carbons (Fsp3) is 0.571. The number of fused-ring (bicyclic) bond motifs is 1. The van der Waals surface area contributed by atoms with E-state index in [4.69, 9.17) is 0 Å². The molecule has 0 bridgehead atoms. The van der Waals surface area contributed by atoms with Gasteiger partial charge in [-0.15, -0.1) is 0 Å². The van der Waals surface area contributed by atoms with Crippen molar-refractivity contribution in [2.75, 3.05) is 12.0 Å². The monoisotopic (exact) mass is 267 g/mol. The number of hydrogen-bond donors (Lipinski definition) is 1. The Morgan fingerprint density at radius 3 is 2.83 bits per heavy atom. The summed E-state index contributed by atoms with van der Waals surface area (Å²) in [4.78, 5) is 0. The summed E-state index contributed by atoms with van der Waals surface area (Å²) in [6.07, 6.45) is 4.68. The lowest BCUT2D eigenvalue weighted by Crippen LogP contribution is -2.37. The van der Waals surface area contributed by atoms with Gasteiger partial charge in [-0.3, -0.25) is 0 Å². The molecular weight excluding hydrogens is 246 g/mol. The maximum atomic E-state index is 11.3. The number of sulfone groups is 1. The van der Waals surface area contributed by atoms with Crippen molar-refractivity contribution in [2.24, 2.45) is 0 Å². The average Bonchev–Trinajstić information content (AvgIpc) is 2.27. The van der Waals surface area contributed by atoms with Crippen molar-refractivity contribution in [1.82, 2.24) is 5.32 Å². The van der Waals surface area contributed by atoms with Gasteiger partial charge in [0.1, 0.15) is 9.84 Å². The van der Waals surface area contributed by atoms with Gasteiger partial charge in [0, 0.05) is 18.3 Å². The van der Waals surface area contributed by atoms with E-state index in [2.05, 4.69) is 29.6 Å². The van der Waals surface area contributed by atoms with Crippen LogP contribution in [-0.2, 0) is 16.3 Å². The van der Waals surface area contributed by atoms with Crippen LogP contribution >= 0.6 is 0 Å². The second-order valence-electron chi connectivity index (χ2n) is 5.30. The van der Waals surface area contributed by atoms with Crippen LogP contribution in [0.25, 0.3) is 0 Å². The van der Waals surface area contributed by atoms with E-state index in [0.29, 0.717) is 6.04 Å². The second-order valence-corrected chi connectivity index (χ2v) is 7.49. The summed E-state index contributed by atoms with van der Waals surface area (Å²) in [5.74, 6) is 0.200. The van der Waals surface area contributed by atoms with Gasteiger partial charge in [-0.25, -0.2) is 8.42 Å². The normalized spacial score (nSPS) is 21.3. The van der Waals surface area contributed by atoms with Crippen molar-refractivity contribution < 1.29 is 8.42 Å². The summed E-state index contributed by atoms with van der Waals surface area (Å²) in [5, 5.41) is 3.45. The minimum Gasteiger partial charge on any atom is -0.306 e. The van der Waals surface area contributed by atoms with Gasteiger partial charge in [0.2, 0.25) is 0 Å². The van der Waals surface area contributed by atoms with Crippen molar-refractivity contribution in [1.29, 1.82) is 0 Å². The molecule has 1 aromatic carbocycles. The minimum atomic E-state index is -2.91. The third kappa shape index (κ3) is 3.56. The van der Waals surface area contributed by atoms with E-state index < -0.39 is 9.84 Å². The first-order valence-electron chi connectivity index (χ1n) is 6.47. The van der Waals surface area contributed by atoms with Crippen LogP contribution in [0.4, 0.5) is 0 Å². The maximum Gasteiger partial charge on any atom is 0.148 e. The van der Waals surface area contributed by atoms with E-state index in [9.17, 15) is 8.42 Å². The molecule has 4 heteroatoms. The Morgan fingerprint density at radius 1 is 1.39 bits per heavy atom. The molecule has 2 rings (SSSR count). The van der Waals surface area contributed by atoms with Gasteiger partial charge in [-0.05, 0) is 37.3 Å². The quantitative estimate of drug-likeness (QED) is 0.908. The van der Waals surface area contributed by atoms with Gasteiger partial charge in [0.25, 0.3) is 0 Å². The Bertz CT molecular complexity index is 510. The highest BCUT2D eigenvalue weighted by Gasteiger charge is 2.22. The second kappa shape index (κ2) is 5.41. The average molecular weight is 267 g/mol. The van der Waals surface area contributed by atoms with Gasteiger partial charge >= 0.3 is 0 Å². The summed E-state index contributed by atoms with van der Waals surface area (Å²) in [7, 11) is -2.91. The predicted molar refractivity (Wildman–Crippen MR) is 74.4 cm³/mol. The number of nitrogens with one attached hydrogen (secondary N) is 1. The standard InChI is InChI=1S/C14H21NO2S/c1-11(10-18(2,16)17)15-14-9-5-7-12-6-3-4-8-13(12)14/h3-4,6,8,11,14-15H,5,7,9-10H2,1-2H3/t11-,14-/m0/s1. The lowest BCUT2D eigenvalue weighted by molar-refractivity contribution is 0.423. The zero-order chi connectivity index (χ0) is 13.2. The van der Waals surface area contributed by atoms with Gasteiger partial charge in [-0.1, -0.05) is 24.3 Å². The van der Waals surface area contributed by atoms with Crippen molar-refractivity contribution in [3.63, 3.8) is 0 Å². The van der Waals surface area contributed by atoms with Crippen LogP contribution in [0.3, 0.4) is 0 Å². The number of benzene rings is 1. The molecule has 1 aliphatic carbocycles. The van der Waals surface area contributed by atoms with Crippen LogP contribution in [0.5, 0.6) is 0 Å². The highest BCUT2D eigenvalue weighted by atomic mass is 32.2. The molecule has 0 aromatic heterocycles. The Hall–Kier alpha value is -0.870. The third-order valence-corrected chi connectivity index (χ3v) is 4.51. The molecule has 100 valence electrons. The van der Waals surface area contributed by atoms with E-state index in [-0.39, 0.29) is 11.8 Å². The molecule has 0 aliphatic heterocycles. The molecule has 1 aromatic rings. The first-order chi connectivity index (χ1) is 8.46. The lowest BCUT2D eigenvalue weighted by atomic mass is 9.87. The topological polar surface area (TPSA) is 46.2 Å². The molecule has 18 heavy (non-hydrogen) atoms. The molecule has 3 nitrogen and oxygen atoms in total. The van der Waals surface area contributed by atoms with Crippen molar-refractivity contribution >= 4 is 9.84 Å². The summed E-state index contributed by atoms with van der Waals surface area (Å²) < 4.78 is 22.6. The first kappa shape index (κ1) is 13.6. The van der Waals surface area contributed by atoms with E-state index >= 15 is 0 Å². The minimum absolute atomic E-state index is 0.00356. The highest BCUT2D eigenvalue weighted by molar-refractivity contribution is 7.90. The molecule has 1 N–H and O–H groups in total. The Labute approximate surface area is 110 Å². The van der Waals surface area contributed by atoms with E-state index in [1.165, 1.54) is 23.8 Å². The van der Waals surface area contributed by atoms with E-state index in [0.717, 1.165) is 12.8 Å². The number of hydrogen-bond acceptors (Lipinski definition) is 3. The SMILES string of the molecule is C[C@@H](CS(C)(=O)=O)N[C@H]1CCCc2ccccc21. The summed E-state index contributed by atoms with van der Waals surface area (Å²) >= 11 is 0. The first-order valence-corrected chi connectivity index (χ1v) is 8.53. The van der Waals surface area contributed by atoms with Crippen LogP contribution in [0.2, 0.25) is 0 Å². The van der Waals surface area contributed by atoms with Crippen molar-refractivity contribution in [3.8, 4) is 0 Å². The molecule has 0 radical (unpaired) electrons. The maximum absolute atomic E-state index is 11.3. The van der Waals surface area contributed by atoms with Crippen LogP contribution in [0, 0.1) is 0 Å². The van der Waals surface area contributed by atoms with E-state index in [1.54, 1.807) is 0 Å². The molecule has 0 heterocycles. The molecule has 0 spiro atoms. The zero-order valence-electron chi connectivity index (χ0n) is 11.0. The van der Waals surface area contributed by atoms with Crippen LogP contribution < -0.4 is 5.32 Å². The van der Waals surface area contributed by atoms with E-state index in [1.807, 2.05) is 6.92 Å². The molecular formula is C14H21NO2S. The molecule has 2 atom stereocenters. The highest BCUT2D eigenvalue weighted by Crippen LogP contribution is 2.29. The Kier molecular flexibility index (Phi) is 4.07. The molecule has 0 amide bonds. The molecule has 0 fully saturated rings. The Balaban J connectivity index is 2.07. The largest absolute Gasteiger partial charge is 0.306 e. The van der Waals surface area contributed by atoms with Crippen molar-refractivity contribution in [2.45, 2.75) is 38.3 Å². The molecule has 0 saturated heterocycles. The fourth-order valence-electron chi connectivity index (χ4n) is 2.77. The Morgan fingerprint density at radius 2 is 2.11 bits per heavy atom. The molecule has 0 unspecified atom stereocenters. The fourth-order valence-corrected chi connectivity index (χ4v) is 3.78.